The topological polar surface area (TPSA) is 44.8 Å². The smallest absolute Gasteiger partial charge is 0.171 e. The summed E-state index contributed by atoms with van der Waals surface area (Å²) in [5, 5.41) is 0.560. The Kier molecular flexibility index (Phi) is 3.47. The van der Waals surface area contributed by atoms with Gasteiger partial charge in [-0.1, -0.05) is 17.7 Å². The SMILES string of the molecule is COc1cc2c(cc1OC)C(=O)Cc1ccc(Cl)cc1O2. The summed E-state index contributed by atoms with van der Waals surface area (Å²) in [6.07, 6.45) is 0.259. The second kappa shape index (κ2) is 5.30. The number of hydrogen-bond acceptors (Lipinski definition) is 4. The van der Waals surface area contributed by atoms with Crippen LogP contribution in [0.2, 0.25) is 5.02 Å². The van der Waals surface area contributed by atoms with Gasteiger partial charge in [-0.05, 0) is 18.2 Å². The summed E-state index contributed by atoms with van der Waals surface area (Å²) in [4.78, 5) is 12.4. The number of halogens is 1. The van der Waals surface area contributed by atoms with Gasteiger partial charge in [-0.2, -0.15) is 0 Å². The van der Waals surface area contributed by atoms with Crippen molar-refractivity contribution in [3.8, 4) is 23.0 Å². The number of rotatable bonds is 2. The van der Waals surface area contributed by atoms with Crippen LogP contribution in [0.25, 0.3) is 0 Å². The highest BCUT2D eigenvalue weighted by Gasteiger charge is 2.24. The van der Waals surface area contributed by atoms with Crippen molar-refractivity contribution in [2.75, 3.05) is 14.2 Å². The number of carbonyl (C=O) groups excluding carboxylic acids is 1. The molecule has 108 valence electrons. The van der Waals surface area contributed by atoms with E-state index in [1.54, 1.807) is 30.3 Å². The lowest BCUT2D eigenvalue weighted by Crippen LogP contribution is -2.03. The third-order valence-corrected chi connectivity index (χ3v) is 3.62. The molecule has 0 unspecified atom stereocenters. The molecule has 4 nitrogen and oxygen atoms in total. The Morgan fingerprint density at radius 1 is 1.05 bits per heavy atom. The summed E-state index contributed by atoms with van der Waals surface area (Å²) in [5.74, 6) is 2.00. The molecule has 2 aromatic rings. The summed E-state index contributed by atoms with van der Waals surface area (Å²) >= 11 is 5.99. The molecule has 1 aliphatic rings. The van der Waals surface area contributed by atoms with Gasteiger partial charge in [0.2, 0.25) is 0 Å². The van der Waals surface area contributed by atoms with Gasteiger partial charge >= 0.3 is 0 Å². The highest BCUT2D eigenvalue weighted by atomic mass is 35.5. The minimum absolute atomic E-state index is 0.0352. The van der Waals surface area contributed by atoms with Crippen LogP contribution in [0.5, 0.6) is 23.0 Å². The quantitative estimate of drug-likeness (QED) is 0.844. The van der Waals surface area contributed by atoms with Crippen molar-refractivity contribution in [1.82, 2.24) is 0 Å². The Morgan fingerprint density at radius 3 is 2.48 bits per heavy atom. The van der Waals surface area contributed by atoms with Crippen molar-refractivity contribution >= 4 is 17.4 Å². The number of methoxy groups -OCH3 is 2. The van der Waals surface area contributed by atoms with E-state index < -0.39 is 0 Å². The van der Waals surface area contributed by atoms with E-state index in [1.165, 1.54) is 14.2 Å². The Bertz CT molecular complexity index is 724. The second-order valence-electron chi connectivity index (χ2n) is 4.66. The average molecular weight is 305 g/mol. The van der Waals surface area contributed by atoms with Gasteiger partial charge < -0.3 is 14.2 Å². The maximum absolute atomic E-state index is 12.4. The number of ether oxygens (including phenoxy) is 3. The number of fused-ring (bicyclic) bond motifs is 2. The van der Waals surface area contributed by atoms with Gasteiger partial charge in [0.25, 0.3) is 0 Å². The van der Waals surface area contributed by atoms with Crippen molar-refractivity contribution in [3.05, 3.63) is 46.5 Å². The zero-order valence-electron chi connectivity index (χ0n) is 11.6. The van der Waals surface area contributed by atoms with E-state index in [-0.39, 0.29) is 12.2 Å². The largest absolute Gasteiger partial charge is 0.493 e. The predicted octanol–water partition coefficient (Wildman–Crippen LogP) is 3.89. The molecule has 21 heavy (non-hydrogen) atoms. The van der Waals surface area contributed by atoms with Crippen LogP contribution < -0.4 is 14.2 Å². The molecule has 2 aromatic carbocycles. The molecule has 0 bridgehead atoms. The van der Waals surface area contributed by atoms with E-state index in [1.807, 2.05) is 0 Å². The molecule has 0 atom stereocenters. The number of carbonyl (C=O) groups is 1. The molecular weight excluding hydrogens is 292 g/mol. The fourth-order valence-electron chi connectivity index (χ4n) is 2.32. The van der Waals surface area contributed by atoms with Crippen molar-refractivity contribution < 1.29 is 19.0 Å². The van der Waals surface area contributed by atoms with Gasteiger partial charge in [-0.3, -0.25) is 4.79 Å². The molecule has 0 amide bonds. The first-order chi connectivity index (χ1) is 10.1. The number of benzene rings is 2. The lowest BCUT2D eigenvalue weighted by Gasteiger charge is -2.13. The van der Waals surface area contributed by atoms with Crippen molar-refractivity contribution in [1.29, 1.82) is 0 Å². The zero-order chi connectivity index (χ0) is 15.0. The number of hydrogen-bond donors (Lipinski definition) is 0. The van der Waals surface area contributed by atoms with Gasteiger partial charge in [0, 0.05) is 23.1 Å². The van der Waals surface area contributed by atoms with E-state index in [9.17, 15) is 4.79 Å². The van der Waals surface area contributed by atoms with Crippen LogP contribution in [0.15, 0.2) is 30.3 Å². The minimum atomic E-state index is -0.0352. The molecule has 0 radical (unpaired) electrons. The average Bonchev–Trinajstić information content (AvgIpc) is 2.61. The van der Waals surface area contributed by atoms with Crippen molar-refractivity contribution in [2.45, 2.75) is 6.42 Å². The first kappa shape index (κ1) is 13.8. The number of Topliss-reactive ketones (excluding diaryl/α,β-unsaturated/α-hetero) is 1. The van der Waals surface area contributed by atoms with E-state index in [0.29, 0.717) is 33.6 Å². The highest BCUT2D eigenvalue weighted by Crippen LogP contribution is 2.41. The maximum atomic E-state index is 12.4. The molecule has 0 saturated heterocycles. The number of ketones is 1. The maximum Gasteiger partial charge on any atom is 0.171 e. The summed E-state index contributed by atoms with van der Waals surface area (Å²) in [5.41, 5.74) is 1.28. The first-order valence-corrected chi connectivity index (χ1v) is 6.75. The summed E-state index contributed by atoms with van der Waals surface area (Å²) in [7, 11) is 3.06. The van der Waals surface area contributed by atoms with Gasteiger partial charge in [-0.15, -0.1) is 0 Å². The lowest BCUT2D eigenvalue weighted by atomic mass is 10.0. The molecule has 0 aromatic heterocycles. The molecule has 1 heterocycles. The Morgan fingerprint density at radius 2 is 1.76 bits per heavy atom. The van der Waals surface area contributed by atoms with Crippen molar-refractivity contribution in [3.63, 3.8) is 0 Å². The van der Waals surface area contributed by atoms with Crippen LogP contribution in [0.4, 0.5) is 0 Å². The third kappa shape index (κ3) is 2.43. The lowest BCUT2D eigenvalue weighted by molar-refractivity contribution is 0.0993. The monoisotopic (exact) mass is 304 g/mol. The van der Waals surface area contributed by atoms with Gasteiger partial charge in [0.1, 0.15) is 11.5 Å². The normalized spacial score (nSPS) is 12.8. The van der Waals surface area contributed by atoms with Crippen LogP contribution >= 0.6 is 11.6 Å². The predicted molar refractivity (Wildman–Crippen MR) is 79.1 cm³/mol. The standard InChI is InChI=1S/C16H13ClO4/c1-19-15-7-11-12(18)5-9-3-4-10(17)6-13(9)21-14(11)8-16(15)20-2/h3-4,6-8H,5H2,1-2H3. The van der Waals surface area contributed by atoms with Gasteiger partial charge in [0.05, 0.1) is 19.8 Å². The van der Waals surface area contributed by atoms with E-state index in [4.69, 9.17) is 25.8 Å². The van der Waals surface area contributed by atoms with Crippen LogP contribution in [0.1, 0.15) is 15.9 Å². The molecular formula is C16H13ClO4. The minimum Gasteiger partial charge on any atom is -0.493 e. The molecule has 1 aliphatic heterocycles. The fourth-order valence-corrected chi connectivity index (χ4v) is 2.48. The van der Waals surface area contributed by atoms with E-state index in [2.05, 4.69) is 0 Å². The molecule has 0 aliphatic carbocycles. The van der Waals surface area contributed by atoms with E-state index in [0.717, 1.165) is 5.56 Å². The first-order valence-electron chi connectivity index (χ1n) is 6.38. The molecule has 0 saturated carbocycles. The Balaban J connectivity index is 2.16. The Labute approximate surface area is 127 Å². The van der Waals surface area contributed by atoms with Crippen LogP contribution in [-0.2, 0) is 6.42 Å². The van der Waals surface area contributed by atoms with Crippen LogP contribution in [0, 0.1) is 0 Å². The summed E-state index contributed by atoms with van der Waals surface area (Å²) in [6, 6.07) is 8.55. The third-order valence-electron chi connectivity index (χ3n) is 3.39. The van der Waals surface area contributed by atoms with Crippen LogP contribution in [-0.4, -0.2) is 20.0 Å². The zero-order valence-corrected chi connectivity index (χ0v) is 12.4. The summed E-state index contributed by atoms with van der Waals surface area (Å²) in [6.45, 7) is 0. The van der Waals surface area contributed by atoms with E-state index >= 15 is 0 Å². The van der Waals surface area contributed by atoms with Crippen LogP contribution in [0.3, 0.4) is 0 Å². The van der Waals surface area contributed by atoms with Crippen molar-refractivity contribution in [2.24, 2.45) is 0 Å². The fraction of sp³-hybridized carbons (Fsp3) is 0.188. The second-order valence-corrected chi connectivity index (χ2v) is 5.09. The van der Waals surface area contributed by atoms with Gasteiger partial charge in [-0.25, -0.2) is 0 Å². The molecule has 3 rings (SSSR count). The Hall–Kier alpha value is -2.20. The molecule has 0 spiro atoms. The summed E-state index contributed by atoms with van der Waals surface area (Å²) < 4.78 is 16.3. The molecule has 0 N–H and O–H groups in total. The molecule has 0 fully saturated rings. The highest BCUT2D eigenvalue weighted by molar-refractivity contribution is 6.30. The molecule has 5 heteroatoms. The van der Waals surface area contributed by atoms with Gasteiger partial charge in [0.15, 0.2) is 17.3 Å².